The molecule has 0 saturated heterocycles. The summed E-state index contributed by atoms with van der Waals surface area (Å²) in [6.45, 7) is -0.0867. The number of carbonyl (C=O) groups excluding carboxylic acids is 1. The minimum absolute atomic E-state index is 0.0867. The van der Waals surface area contributed by atoms with Crippen molar-refractivity contribution in [3.8, 4) is 5.75 Å². The van der Waals surface area contributed by atoms with E-state index in [1.807, 2.05) is 0 Å². The molecule has 0 fully saturated rings. The van der Waals surface area contributed by atoms with E-state index < -0.39 is 0 Å². The fourth-order valence-electron chi connectivity index (χ4n) is 1.07. The predicted molar refractivity (Wildman–Crippen MR) is 55.8 cm³/mol. The van der Waals surface area contributed by atoms with Gasteiger partial charge in [0.15, 0.2) is 5.78 Å². The van der Waals surface area contributed by atoms with E-state index in [2.05, 4.69) is 0 Å². The second kappa shape index (κ2) is 4.30. The standard InChI is InChI=1S/C9H11ClN2O2/c1-14-9-3-7(12)6(10)2-5(9)8(13)4-11/h2-3H,4,11-12H2,1H3. The largest absolute Gasteiger partial charge is 0.496 e. The lowest BCUT2D eigenvalue weighted by Gasteiger charge is -2.08. The highest BCUT2D eigenvalue weighted by atomic mass is 35.5. The minimum Gasteiger partial charge on any atom is -0.496 e. The van der Waals surface area contributed by atoms with Gasteiger partial charge in [-0.05, 0) is 6.07 Å². The molecule has 0 bridgehead atoms. The van der Waals surface area contributed by atoms with Gasteiger partial charge in [0.05, 0.1) is 29.9 Å². The summed E-state index contributed by atoms with van der Waals surface area (Å²) in [5, 5.41) is 0.322. The van der Waals surface area contributed by atoms with E-state index in [1.165, 1.54) is 19.2 Å². The summed E-state index contributed by atoms with van der Waals surface area (Å²) in [6.07, 6.45) is 0. The monoisotopic (exact) mass is 214 g/mol. The number of rotatable bonds is 3. The summed E-state index contributed by atoms with van der Waals surface area (Å²) < 4.78 is 4.99. The molecule has 0 aromatic heterocycles. The number of halogens is 1. The Bertz CT molecular complexity index is 366. The Morgan fingerprint density at radius 3 is 2.71 bits per heavy atom. The average Bonchev–Trinajstić information content (AvgIpc) is 2.20. The number of benzene rings is 1. The normalized spacial score (nSPS) is 9.93. The first-order chi connectivity index (χ1) is 6.60. The Hall–Kier alpha value is -1.26. The lowest BCUT2D eigenvalue weighted by Crippen LogP contribution is -2.14. The van der Waals surface area contributed by atoms with Crippen molar-refractivity contribution >= 4 is 23.1 Å². The molecule has 14 heavy (non-hydrogen) atoms. The third-order valence-electron chi connectivity index (χ3n) is 1.80. The fraction of sp³-hybridized carbons (Fsp3) is 0.222. The van der Waals surface area contributed by atoms with Crippen molar-refractivity contribution in [3.05, 3.63) is 22.7 Å². The van der Waals surface area contributed by atoms with Gasteiger partial charge < -0.3 is 16.2 Å². The van der Waals surface area contributed by atoms with Gasteiger partial charge in [-0.1, -0.05) is 11.6 Å². The quantitative estimate of drug-likeness (QED) is 0.583. The van der Waals surface area contributed by atoms with Gasteiger partial charge >= 0.3 is 0 Å². The van der Waals surface area contributed by atoms with E-state index in [9.17, 15) is 4.79 Å². The van der Waals surface area contributed by atoms with Gasteiger partial charge in [-0.3, -0.25) is 4.79 Å². The summed E-state index contributed by atoms with van der Waals surface area (Å²) in [5.74, 6) is 0.158. The van der Waals surface area contributed by atoms with Crippen molar-refractivity contribution in [2.24, 2.45) is 5.73 Å². The number of carbonyl (C=O) groups is 1. The lowest BCUT2D eigenvalue weighted by molar-refractivity contribution is 0.0998. The highest BCUT2D eigenvalue weighted by Gasteiger charge is 2.13. The van der Waals surface area contributed by atoms with Crippen molar-refractivity contribution in [3.63, 3.8) is 0 Å². The molecule has 0 saturated carbocycles. The second-order valence-corrected chi connectivity index (χ2v) is 3.11. The Morgan fingerprint density at radius 2 is 2.21 bits per heavy atom. The third kappa shape index (κ3) is 1.97. The molecule has 0 aliphatic rings. The molecule has 0 unspecified atom stereocenters. The Balaban J connectivity index is 3.27. The number of nitrogens with two attached hydrogens (primary N) is 2. The van der Waals surface area contributed by atoms with Crippen molar-refractivity contribution in [1.82, 2.24) is 0 Å². The lowest BCUT2D eigenvalue weighted by atomic mass is 10.1. The molecular formula is C9H11ClN2O2. The zero-order valence-electron chi connectivity index (χ0n) is 7.71. The first-order valence-corrected chi connectivity index (χ1v) is 4.34. The van der Waals surface area contributed by atoms with E-state index in [-0.39, 0.29) is 12.3 Å². The molecule has 5 heteroatoms. The van der Waals surface area contributed by atoms with Crippen LogP contribution in [0.1, 0.15) is 10.4 Å². The number of hydrogen-bond acceptors (Lipinski definition) is 4. The van der Waals surface area contributed by atoms with Crippen LogP contribution in [-0.4, -0.2) is 19.4 Å². The number of Topliss-reactive ketones (excluding diaryl/α,β-unsaturated/α-hetero) is 1. The zero-order chi connectivity index (χ0) is 10.7. The number of hydrogen-bond donors (Lipinski definition) is 2. The van der Waals surface area contributed by atoms with Gasteiger partial charge in [0, 0.05) is 6.07 Å². The van der Waals surface area contributed by atoms with Gasteiger partial charge in [0.25, 0.3) is 0 Å². The van der Waals surface area contributed by atoms with Crippen LogP contribution in [0.3, 0.4) is 0 Å². The van der Waals surface area contributed by atoms with Crippen LogP contribution in [0.4, 0.5) is 5.69 Å². The van der Waals surface area contributed by atoms with E-state index in [1.54, 1.807) is 0 Å². The molecule has 0 spiro atoms. The molecule has 0 aliphatic carbocycles. The van der Waals surface area contributed by atoms with E-state index >= 15 is 0 Å². The molecule has 1 rings (SSSR count). The molecule has 4 N–H and O–H groups in total. The number of anilines is 1. The summed E-state index contributed by atoms with van der Waals surface area (Å²) in [7, 11) is 1.45. The average molecular weight is 215 g/mol. The molecule has 0 aliphatic heterocycles. The van der Waals surface area contributed by atoms with Gasteiger partial charge in [0.1, 0.15) is 5.75 Å². The molecule has 1 aromatic rings. The topological polar surface area (TPSA) is 78.3 Å². The van der Waals surface area contributed by atoms with E-state index in [4.69, 9.17) is 27.8 Å². The van der Waals surface area contributed by atoms with Crippen LogP contribution in [0.15, 0.2) is 12.1 Å². The molecule has 0 amide bonds. The van der Waals surface area contributed by atoms with Gasteiger partial charge in [0.2, 0.25) is 0 Å². The Labute approximate surface area is 86.8 Å². The zero-order valence-corrected chi connectivity index (χ0v) is 8.47. The van der Waals surface area contributed by atoms with Crippen LogP contribution in [0.2, 0.25) is 5.02 Å². The second-order valence-electron chi connectivity index (χ2n) is 2.70. The van der Waals surface area contributed by atoms with Gasteiger partial charge in [-0.25, -0.2) is 0 Å². The Morgan fingerprint density at radius 1 is 1.57 bits per heavy atom. The smallest absolute Gasteiger partial charge is 0.180 e. The molecule has 76 valence electrons. The highest BCUT2D eigenvalue weighted by molar-refractivity contribution is 6.33. The van der Waals surface area contributed by atoms with Crippen LogP contribution in [0.5, 0.6) is 5.75 Å². The first-order valence-electron chi connectivity index (χ1n) is 3.96. The van der Waals surface area contributed by atoms with Crippen LogP contribution in [0, 0.1) is 0 Å². The highest BCUT2D eigenvalue weighted by Crippen LogP contribution is 2.28. The van der Waals surface area contributed by atoms with Gasteiger partial charge in [-0.15, -0.1) is 0 Å². The summed E-state index contributed by atoms with van der Waals surface area (Å²) in [5.41, 5.74) is 11.5. The predicted octanol–water partition coefficient (Wildman–Crippen LogP) is 1.07. The maximum absolute atomic E-state index is 11.4. The fourth-order valence-corrected chi connectivity index (χ4v) is 1.23. The SMILES string of the molecule is COc1cc(N)c(Cl)cc1C(=O)CN. The summed E-state index contributed by atoms with van der Waals surface area (Å²) >= 11 is 5.77. The van der Waals surface area contributed by atoms with Crippen molar-refractivity contribution in [1.29, 1.82) is 0 Å². The first kappa shape index (κ1) is 10.8. The minimum atomic E-state index is -0.233. The van der Waals surface area contributed by atoms with E-state index in [0.717, 1.165) is 0 Å². The van der Waals surface area contributed by atoms with Crippen LogP contribution >= 0.6 is 11.6 Å². The van der Waals surface area contributed by atoms with Crippen LogP contribution < -0.4 is 16.2 Å². The molecule has 1 aromatic carbocycles. The van der Waals surface area contributed by atoms with Crippen molar-refractivity contribution < 1.29 is 9.53 Å². The summed E-state index contributed by atoms with van der Waals surface area (Å²) in [4.78, 5) is 11.4. The van der Waals surface area contributed by atoms with Crippen molar-refractivity contribution in [2.45, 2.75) is 0 Å². The maximum atomic E-state index is 11.4. The molecule has 0 atom stereocenters. The van der Waals surface area contributed by atoms with Crippen LogP contribution in [0.25, 0.3) is 0 Å². The molecule has 4 nitrogen and oxygen atoms in total. The summed E-state index contributed by atoms with van der Waals surface area (Å²) in [6, 6.07) is 2.97. The number of nitrogen functional groups attached to an aromatic ring is 1. The molecular weight excluding hydrogens is 204 g/mol. The third-order valence-corrected chi connectivity index (χ3v) is 2.13. The van der Waals surface area contributed by atoms with Gasteiger partial charge in [-0.2, -0.15) is 0 Å². The number of methoxy groups -OCH3 is 1. The van der Waals surface area contributed by atoms with Crippen LogP contribution in [-0.2, 0) is 0 Å². The number of ether oxygens (including phenoxy) is 1. The molecule has 0 radical (unpaired) electrons. The van der Waals surface area contributed by atoms with Crippen molar-refractivity contribution in [2.75, 3.05) is 19.4 Å². The maximum Gasteiger partial charge on any atom is 0.180 e. The molecule has 0 heterocycles. The van der Waals surface area contributed by atoms with E-state index in [0.29, 0.717) is 22.0 Å². The Kier molecular flexibility index (Phi) is 3.33. The number of ketones is 1.